The molecule has 0 fully saturated rings. The Balaban J connectivity index is 2.49. The fourth-order valence-corrected chi connectivity index (χ4v) is 1.96. The van der Waals surface area contributed by atoms with E-state index in [0.29, 0.717) is 0 Å². The lowest BCUT2D eigenvalue weighted by atomic mass is 10.1. The molecule has 0 heterocycles. The van der Waals surface area contributed by atoms with E-state index in [2.05, 4.69) is 26.6 Å². The number of hydrogen-bond acceptors (Lipinski definition) is 2. The van der Waals surface area contributed by atoms with Crippen molar-refractivity contribution >= 4 is 33.4 Å². The Kier molecular flexibility index (Phi) is 6.02. The summed E-state index contributed by atoms with van der Waals surface area (Å²) in [5.41, 5.74) is 1.72. The summed E-state index contributed by atoms with van der Waals surface area (Å²) in [7, 11) is 0. The Morgan fingerprint density at radius 3 is 2.63 bits per heavy atom. The highest BCUT2D eigenvalue weighted by atomic mass is 79.9. The molecule has 0 radical (unpaired) electrons. The van der Waals surface area contributed by atoms with Crippen LogP contribution in [0.2, 0.25) is 0 Å². The zero-order valence-electron chi connectivity index (χ0n) is 11.4. The highest BCUT2D eigenvalue weighted by molar-refractivity contribution is 9.10. The molecule has 0 bridgehead atoms. The predicted octanol–water partition coefficient (Wildman–Crippen LogP) is 2.86. The van der Waals surface area contributed by atoms with E-state index >= 15 is 0 Å². The summed E-state index contributed by atoms with van der Waals surface area (Å²) in [4.78, 5) is 23.3. The summed E-state index contributed by atoms with van der Waals surface area (Å²) in [5, 5.41) is 5.40. The van der Waals surface area contributed by atoms with Gasteiger partial charge < -0.3 is 10.6 Å². The van der Waals surface area contributed by atoms with Crippen LogP contribution in [0.3, 0.4) is 0 Å². The Hall–Kier alpha value is -1.36. The molecule has 2 N–H and O–H groups in total. The number of carbonyl (C=O) groups excluding carboxylic acids is 2. The number of nitrogens with one attached hydrogen (secondary N) is 2. The molecule has 104 valence electrons. The lowest BCUT2D eigenvalue weighted by Crippen LogP contribution is -2.35. The molecular formula is C14H19BrN2O2. The molecule has 0 aromatic heterocycles. The largest absolute Gasteiger partial charge is 0.347 e. The fourth-order valence-electron chi connectivity index (χ4n) is 1.49. The van der Waals surface area contributed by atoms with Crippen molar-refractivity contribution in [3.8, 4) is 0 Å². The van der Waals surface area contributed by atoms with Crippen molar-refractivity contribution in [2.75, 3.05) is 11.9 Å². The van der Waals surface area contributed by atoms with Gasteiger partial charge in [0.2, 0.25) is 11.8 Å². The SMILES string of the molecule is CC[C@@H](C)C(=O)NCC(=O)Nc1ccc(Br)cc1C. The van der Waals surface area contributed by atoms with Crippen LogP contribution in [0.5, 0.6) is 0 Å². The normalized spacial score (nSPS) is 11.8. The van der Waals surface area contributed by atoms with E-state index in [1.807, 2.05) is 39.0 Å². The number of rotatable bonds is 5. The molecule has 1 rings (SSSR count). The number of hydrogen-bond donors (Lipinski definition) is 2. The first-order valence-electron chi connectivity index (χ1n) is 6.27. The molecule has 1 aromatic carbocycles. The van der Waals surface area contributed by atoms with Gasteiger partial charge in [-0.05, 0) is 37.1 Å². The van der Waals surface area contributed by atoms with Gasteiger partial charge in [-0.3, -0.25) is 9.59 Å². The van der Waals surface area contributed by atoms with Crippen LogP contribution in [0, 0.1) is 12.8 Å². The van der Waals surface area contributed by atoms with E-state index in [4.69, 9.17) is 0 Å². The molecule has 5 heteroatoms. The van der Waals surface area contributed by atoms with Crippen LogP contribution in [0.1, 0.15) is 25.8 Å². The third kappa shape index (κ3) is 5.03. The van der Waals surface area contributed by atoms with Crippen molar-refractivity contribution < 1.29 is 9.59 Å². The lowest BCUT2D eigenvalue weighted by molar-refractivity contribution is -0.126. The van der Waals surface area contributed by atoms with Crippen molar-refractivity contribution in [2.45, 2.75) is 27.2 Å². The second-order valence-electron chi connectivity index (χ2n) is 4.53. The maximum atomic E-state index is 11.7. The summed E-state index contributed by atoms with van der Waals surface area (Å²) in [6.07, 6.45) is 0.763. The van der Waals surface area contributed by atoms with Crippen LogP contribution in [0.25, 0.3) is 0 Å². The van der Waals surface area contributed by atoms with Crippen LogP contribution >= 0.6 is 15.9 Å². The van der Waals surface area contributed by atoms with Gasteiger partial charge >= 0.3 is 0 Å². The van der Waals surface area contributed by atoms with E-state index in [1.165, 1.54) is 0 Å². The first-order chi connectivity index (χ1) is 8.93. The third-order valence-electron chi connectivity index (χ3n) is 2.95. The molecule has 1 atom stereocenters. The molecule has 0 saturated heterocycles. The number of halogens is 1. The van der Waals surface area contributed by atoms with E-state index < -0.39 is 0 Å². The van der Waals surface area contributed by atoms with Crippen molar-refractivity contribution in [3.05, 3.63) is 28.2 Å². The van der Waals surface area contributed by atoms with Gasteiger partial charge in [-0.15, -0.1) is 0 Å². The van der Waals surface area contributed by atoms with Gasteiger partial charge in [-0.25, -0.2) is 0 Å². The minimum absolute atomic E-state index is 0.00131. The van der Waals surface area contributed by atoms with Crippen molar-refractivity contribution in [2.24, 2.45) is 5.92 Å². The Bertz CT molecular complexity index is 475. The van der Waals surface area contributed by atoms with Gasteiger partial charge in [0, 0.05) is 16.1 Å². The van der Waals surface area contributed by atoms with E-state index in [-0.39, 0.29) is 24.3 Å². The minimum atomic E-state index is -0.220. The van der Waals surface area contributed by atoms with Crippen LogP contribution < -0.4 is 10.6 Å². The number of benzene rings is 1. The van der Waals surface area contributed by atoms with Crippen LogP contribution in [-0.2, 0) is 9.59 Å². The summed E-state index contributed by atoms with van der Waals surface area (Å²) in [6, 6.07) is 5.61. The molecule has 0 spiro atoms. The van der Waals surface area contributed by atoms with E-state index in [0.717, 1.165) is 22.1 Å². The third-order valence-corrected chi connectivity index (χ3v) is 3.44. The standard InChI is InChI=1S/C14H19BrN2O2/c1-4-9(2)14(19)16-8-13(18)17-12-6-5-11(15)7-10(12)3/h5-7,9H,4,8H2,1-3H3,(H,16,19)(H,17,18)/t9-/m1/s1. The molecule has 19 heavy (non-hydrogen) atoms. The minimum Gasteiger partial charge on any atom is -0.347 e. The zero-order valence-corrected chi connectivity index (χ0v) is 13.0. The number of anilines is 1. The fraction of sp³-hybridized carbons (Fsp3) is 0.429. The molecule has 2 amide bonds. The topological polar surface area (TPSA) is 58.2 Å². The quantitative estimate of drug-likeness (QED) is 0.874. The van der Waals surface area contributed by atoms with Crippen molar-refractivity contribution in [1.29, 1.82) is 0 Å². The molecule has 0 aliphatic heterocycles. The Labute approximate surface area is 122 Å². The average Bonchev–Trinajstić information content (AvgIpc) is 2.38. The molecule has 0 unspecified atom stereocenters. The summed E-state index contributed by atoms with van der Waals surface area (Å²) < 4.78 is 0.966. The number of amides is 2. The highest BCUT2D eigenvalue weighted by Gasteiger charge is 2.12. The lowest BCUT2D eigenvalue weighted by Gasteiger charge is -2.11. The molecule has 0 aliphatic carbocycles. The number of aryl methyl sites for hydroxylation is 1. The Morgan fingerprint density at radius 2 is 2.05 bits per heavy atom. The van der Waals surface area contributed by atoms with Gasteiger partial charge in [0.25, 0.3) is 0 Å². The summed E-state index contributed by atoms with van der Waals surface area (Å²) in [5.74, 6) is -0.380. The summed E-state index contributed by atoms with van der Waals surface area (Å²) in [6.45, 7) is 5.69. The number of carbonyl (C=O) groups is 2. The monoisotopic (exact) mass is 326 g/mol. The summed E-state index contributed by atoms with van der Waals surface area (Å²) >= 11 is 3.37. The van der Waals surface area contributed by atoms with Gasteiger partial charge in [0.05, 0.1) is 6.54 Å². The van der Waals surface area contributed by atoms with Crippen LogP contribution in [0.4, 0.5) is 5.69 Å². The van der Waals surface area contributed by atoms with Crippen molar-refractivity contribution in [3.63, 3.8) is 0 Å². The molecule has 0 saturated carbocycles. The predicted molar refractivity (Wildman–Crippen MR) is 80.0 cm³/mol. The first kappa shape index (κ1) is 15.7. The second kappa shape index (κ2) is 7.28. The molecule has 4 nitrogen and oxygen atoms in total. The zero-order chi connectivity index (χ0) is 14.4. The smallest absolute Gasteiger partial charge is 0.243 e. The van der Waals surface area contributed by atoms with Crippen molar-refractivity contribution in [1.82, 2.24) is 5.32 Å². The molecule has 1 aromatic rings. The first-order valence-corrected chi connectivity index (χ1v) is 7.07. The maximum absolute atomic E-state index is 11.7. The van der Waals surface area contributed by atoms with Gasteiger partial charge in [0.1, 0.15) is 0 Å². The second-order valence-corrected chi connectivity index (χ2v) is 5.45. The van der Waals surface area contributed by atoms with Gasteiger partial charge in [-0.2, -0.15) is 0 Å². The van der Waals surface area contributed by atoms with E-state index in [1.54, 1.807) is 0 Å². The molecular weight excluding hydrogens is 308 g/mol. The van der Waals surface area contributed by atoms with Crippen LogP contribution in [0.15, 0.2) is 22.7 Å². The van der Waals surface area contributed by atoms with Gasteiger partial charge in [0.15, 0.2) is 0 Å². The van der Waals surface area contributed by atoms with Crippen LogP contribution in [-0.4, -0.2) is 18.4 Å². The average molecular weight is 327 g/mol. The molecule has 0 aliphatic rings. The Morgan fingerprint density at radius 1 is 1.37 bits per heavy atom. The van der Waals surface area contributed by atoms with Gasteiger partial charge in [-0.1, -0.05) is 29.8 Å². The maximum Gasteiger partial charge on any atom is 0.243 e. The highest BCUT2D eigenvalue weighted by Crippen LogP contribution is 2.19. The van der Waals surface area contributed by atoms with E-state index in [9.17, 15) is 9.59 Å².